The molecule has 1 aliphatic rings. The number of benzene rings is 1. The molecular formula is C16H13NO4. The van der Waals surface area contributed by atoms with Crippen molar-refractivity contribution in [3.05, 3.63) is 53.3 Å². The maximum Gasteiger partial charge on any atom is 0.312 e. The zero-order chi connectivity index (χ0) is 15.0. The summed E-state index contributed by atoms with van der Waals surface area (Å²) in [4.78, 5) is 27.3. The van der Waals surface area contributed by atoms with Gasteiger partial charge in [-0.3, -0.25) is 14.6 Å². The van der Waals surface area contributed by atoms with E-state index in [1.54, 1.807) is 30.6 Å². The monoisotopic (exact) mass is 283 g/mol. The highest BCUT2D eigenvalue weighted by Gasteiger charge is 2.32. The fraction of sp³-hybridized carbons (Fsp3) is 0.188. The number of ketones is 1. The van der Waals surface area contributed by atoms with Crippen molar-refractivity contribution in [1.29, 1.82) is 0 Å². The Bertz CT molecular complexity index is 725. The lowest BCUT2D eigenvalue weighted by atomic mass is 9.85. The predicted molar refractivity (Wildman–Crippen MR) is 74.4 cm³/mol. The highest BCUT2D eigenvalue weighted by Crippen LogP contribution is 2.45. The topological polar surface area (TPSA) is 76.5 Å². The van der Waals surface area contributed by atoms with Crippen LogP contribution in [0.3, 0.4) is 0 Å². The van der Waals surface area contributed by atoms with Crippen LogP contribution in [0, 0.1) is 0 Å². The van der Waals surface area contributed by atoms with Crippen LogP contribution < -0.4 is 4.74 Å². The molecule has 0 spiro atoms. The molecule has 5 heteroatoms. The number of esters is 1. The summed E-state index contributed by atoms with van der Waals surface area (Å²) in [5.41, 5.74) is 1.55. The van der Waals surface area contributed by atoms with Crippen LogP contribution in [-0.4, -0.2) is 21.8 Å². The Morgan fingerprint density at radius 1 is 1.29 bits per heavy atom. The van der Waals surface area contributed by atoms with Gasteiger partial charge in [0, 0.05) is 23.9 Å². The van der Waals surface area contributed by atoms with Crippen molar-refractivity contribution >= 4 is 11.8 Å². The van der Waals surface area contributed by atoms with Crippen molar-refractivity contribution in [3.63, 3.8) is 0 Å². The van der Waals surface area contributed by atoms with Crippen molar-refractivity contribution in [2.75, 3.05) is 0 Å². The minimum absolute atomic E-state index is 0.116. The number of rotatable bonds is 2. The molecule has 106 valence electrons. The number of aromatic hydroxyl groups is 1. The molecule has 2 heterocycles. The number of carbonyl (C=O) groups is 2. The highest BCUT2D eigenvalue weighted by molar-refractivity contribution is 5.98. The molecule has 1 aromatic heterocycles. The molecule has 2 aromatic rings. The van der Waals surface area contributed by atoms with Gasteiger partial charge in [-0.15, -0.1) is 0 Å². The molecule has 1 aliphatic heterocycles. The number of fused-ring (bicyclic) bond motifs is 1. The van der Waals surface area contributed by atoms with E-state index in [2.05, 4.69) is 4.98 Å². The van der Waals surface area contributed by atoms with Gasteiger partial charge >= 0.3 is 5.97 Å². The van der Waals surface area contributed by atoms with Crippen molar-refractivity contribution in [2.24, 2.45) is 0 Å². The van der Waals surface area contributed by atoms with Crippen LogP contribution in [0.5, 0.6) is 11.5 Å². The molecule has 5 nitrogen and oxygen atoms in total. The van der Waals surface area contributed by atoms with E-state index in [9.17, 15) is 14.7 Å². The van der Waals surface area contributed by atoms with E-state index in [0.29, 0.717) is 11.3 Å². The highest BCUT2D eigenvalue weighted by atomic mass is 16.5. The van der Waals surface area contributed by atoms with Gasteiger partial charge in [-0.2, -0.15) is 0 Å². The quantitative estimate of drug-likeness (QED) is 0.520. The molecule has 0 amide bonds. The van der Waals surface area contributed by atoms with E-state index >= 15 is 0 Å². The third-order valence-corrected chi connectivity index (χ3v) is 3.61. The first-order valence-electron chi connectivity index (χ1n) is 6.55. The second-order valence-corrected chi connectivity index (χ2v) is 4.94. The van der Waals surface area contributed by atoms with Gasteiger partial charge in [-0.1, -0.05) is 0 Å². The first-order chi connectivity index (χ1) is 10.1. The molecule has 0 bridgehead atoms. The summed E-state index contributed by atoms with van der Waals surface area (Å²) in [5, 5.41) is 10.4. The molecule has 0 aliphatic carbocycles. The number of hydrogen-bond acceptors (Lipinski definition) is 5. The third-order valence-electron chi connectivity index (χ3n) is 3.61. The maximum absolute atomic E-state index is 11.8. The van der Waals surface area contributed by atoms with E-state index in [1.807, 2.05) is 0 Å². The predicted octanol–water partition coefficient (Wildman–Crippen LogP) is 2.43. The number of pyridine rings is 1. The van der Waals surface area contributed by atoms with Crippen LogP contribution in [0.2, 0.25) is 0 Å². The van der Waals surface area contributed by atoms with Gasteiger partial charge < -0.3 is 9.84 Å². The largest absolute Gasteiger partial charge is 0.507 e. The Morgan fingerprint density at radius 3 is 2.67 bits per heavy atom. The van der Waals surface area contributed by atoms with E-state index < -0.39 is 0 Å². The summed E-state index contributed by atoms with van der Waals surface area (Å²) < 4.78 is 5.17. The van der Waals surface area contributed by atoms with Gasteiger partial charge in [0.05, 0.1) is 12.0 Å². The van der Waals surface area contributed by atoms with Gasteiger partial charge in [-0.25, -0.2) is 0 Å². The fourth-order valence-corrected chi connectivity index (χ4v) is 2.61. The number of phenols is 1. The average Bonchev–Trinajstić information content (AvgIpc) is 2.47. The van der Waals surface area contributed by atoms with E-state index in [0.717, 1.165) is 5.56 Å². The number of aromatic nitrogens is 1. The van der Waals surface area contributed by atoms with Gasteiger partial charge in [0.25, 0.3) is 0 Å². The van der Waals surface area contributed by atoms with E-state index in [1.165, 1.54) is 13.0 Å². The first kappa shape index (κ1) is 13.3. The van der Waals surface area contributed by atoms with Crippen LogP contribution in [0.15, 0.2) is 36.7 Å². The fourth-order valence-electron chi connectivity index (χ4n) is 2.61. The number of nitrogens with zero attached hydrogens (tertiary/aromatic N) is 1. The number of Topliss-reactive ketones (excluding diaryl/α,β-unsaturated/α-hetero) is 1. The molecule has 0 unspecified atom stereocenters. The van der Waals surface area contributed by atoms with Crippen LogP contribution in [0.1, 0.15) is 40.7 Å². The summed E-state index contributed by atoms with van der Waals surface area (Å²) in [7, 11) is 0. The number of ether oxygens (including phenoxy) is 1. The Kier molecular flexibility index (Phi) is 3.17. The zero-order valence-electron chi connectivity index (χ0n) is 11.4. The van der Waals surface area contributed by atoms with Gasteiger partial charge in [0.15, 0.2) is 5.78 Å². The van der Waals surface area contributed by atoms with Crippen molar-refractivity contribution in [3.8, 4) is 11.5 Å². The molecule has 3 rings (SSSR count). The normalized spacial score (nSPS) is 17.0. The van der Waals surface area contributed by atoms with Crippen molar-refractivity contribution in [1.82, 2.24) is 4.98 Å². The van der Waals surface area contributed by atoms with Gasteiger partial charge in [0.2, 0.25) is 0 Å². The lowest BCUT2D eigenvalue weighted by molar-refractivity contribution is -0.135. The molecule has 0 fully saturated rings. The van der Waals surface area contributed by atoms with Crippen LogP contribution in [0.25, 0.3) is 0 Å². The molecule has 21 heavy (non-hydrogen) atoms. The maximum atomic E-state index is 11.8. The minimum Gasteiger partial charge on any atom is -0.507 e. The van der Waals surface area contributed by atoms with E-state index in [-0.39, 0.29) is 35.4 Å². The third kappa shape index (κ3) is 2.27. The molecule has 1 N–H and O–H groups in total. The summed E-state index contributed by atoms with van der Waals surface area (Å²) in [6.07, 6.45) is 3.37. The second kappa shape index (κ2) is 5.01. The average molecular weight is 283 g/mol. The number of carbonyl (C=O) groups excluding carboxylic acids is 2. The molecule has 1 aromatic carbocycles. The van der Waals surface area contributed by atoms with Gasteiger partial charge in [-0.05, 0) is 36.8 Å². The second-order valence-electron chi connectivity index (χ2n) is 4.94. The SMILES string of the molecule is CC(=O)c1ccc2c(c1O)[C@@H](c1ccncc1)CC(=O)O2. The molecule has 0 saturated heterocycles. The lowest BCUT2D eigenvalue weighted by Gasteiger charge is -2.26. The Hall–Kier alpha value is -2.69. The molecule has 1 atom stereocenters. The Balaban J connectivity index is 2.20. The summed E-state index contributed by atoms with van der Waals surface area (Å²) in [6.45, 7) is 1.39. The standard InChI is InChI=1S/C16H13NO4/c1-9(18)11-2-3-13-15(16(11)20)12(8-14(19)21-13)10-4-6-17-7-5-10/h2-7,12,20H,8H2,1H3/t12-/m1/s1. The summed E-state index contributed by atoms with van der Waals surface area (Å²) in [6, 6.07) is 6.59. The number of phenolic OH excluding ortho intramolecular Hbond substituents is 1. The van der Waals surface area contributed by atoms with E-state index in [4.69, 9.17) is 4.74 Å². The minimum atomic E-state index is -0.362. The van der Waals surface area contributed by atoms with Crippen LogP contribution in [0.4, 0.5) is 0 Å². The van der Waals surface area contributed by atoms with Crippen molar-refractivity contribution in [2.45, 2.75) is 19.3 Å². The smallest absolute Gasteiger partial charge is 0.312 e. The lowest BCUT2D eigenvalue weighted by Crippen LogP contribution is -2.21. The van der Waals surface area contributed by atoms with Crippen molar-refractivity contribution < 1.29 is 19.4 Å². The number of hydrogen-bond donors (Lipinski definition) is 1. The molecule has 0 saturated carbocycles. The molecule has 0 radical (unpaired) electrons. The van der Waals surface area contributed by atoms with Gasteiger partial charge in [0.1, 0.15) is 11.5 Å². The Labute approximate surface area is 121 Å². The summed E-state index contributed by atoms with van der Waals surface area (Å²) >= 11 is 0. The zero-order valence-corrected chi connectivity index (χ0v) is 11.4. The van der Waals surface area contributed by atoms with Crippen LogP contribution >= 0.6 is 0 Å². The Morgan fingerprint density at radius 2 is 2.00 bits per heavy atom. The van der Waals surface area contributed by atoms with Crippen LogP contribution in [-0.2, 0) is 4.79 Å². The molecular weight excluding hydrogens is 270 g/mol. The first-order valence-corrected chi connectivity index (χ1v) is 6.55. The summed E-state index contributed by atoms with van der Waals surface area (Å²) in [5.74, 6) is -0.756.